The van der Waals surface area contributed by atoms with Gasteiger partial charge in [-0.15, -0.1) is 0 Å². The number of hydrogen-bond donors (Lipinski definition) is 22. The lowest BCUT2D eigenvalue weighted by molar-refractivity contribution is -0.0643. The lowest BCUT2D eigenvalue weighted by Crippen LogP contribution is -2.41. The summed E-state index contributed by atoms with van der Waals surface area (Å²) in [5, 5.41) is 146. The summed E-state index contributed by atoms with van der Waals surface area (Å²) >= 11 is 0. The molecule has 54 nitrogen and oxygen atoms in total. The van der Waals surface area contributed by atoms with Crippen LogP contribution < -0.4 is 22.9 Å². The molecule has 4 fully saturated rings. The number of ether oxygens (including phenoxy) is 4. The maximum Gasteiger partial charge on any atom is 0.490 e. The van der Waals surface area contributed by atoms with Crippen LogP contribution in [-0.4, -0.2) is 248 Å². The number of nitrogen functional groups attached to an aromatic ring is 4. The summed E-state index contributed by atoms with van der Waals surface area (Å²) in [5.41, 5.74) is 16.1. The molecule has 8 aromatic rings. The van der Waals surface area contributed by atoms with Crippen molar-refractivity contribution < 1.29 is 163 Å². The summed E-state index contributed by atoms with van der Waals surface area (Å²) in [6, 6.07) is 18.7. The largest absolute Gasteiger partial charge is 0.490 e. The van der Waals surface area contributed by atoms with Crippen LogP contribution in [0.4, 0.5) is 23.3 Å². The maximum absolute atomic E-state index is 11.9. The predicted octanol–water partition coefficient (Wildman–Crippen LogP) is -6.72. The third-order valence-electron chi connectivity index (χ3n) is 16.0. The van der Waals surface area contributed by atoms with Crippen molar-refractivity contribution in [3.05, 3.63) is 96.6 Å². The molecule has 4 saturated heterocycles. The number of phosphoric ester groups is 3. The van der Waals surface area contributed by atoms with Crippen LogP contribution in [0.25, 0.3) is 22.1 Å². The third kappa shape index (κ3) is 16.8. The Hall–Kier alpha value is -8.10. The minimum Gasteiger partial charge on any atom is -0.394 e. The Morgan fingerprint density at radius 3 is 0.861 bits per heavy atom. The van der Waals surface area contributed by atoms with Crippen LogP contribution in [0, 0.1) is 45.3 Å². The number of hydrogen-bond acceptors (Lipinski definition) is 41. The fourth-order valence-corrected chi connectivity index (χ4v) is 16.2. The number of phosphoric acid groups is 6. The molecule has 0 bridgehead atoms. The van der Waals surface area contributed by atoms with Gasteiger partial charge < -0.3 is 132 Å². The molecule has 60 heteroatoms. The Kier molecular flexibility index (Phi) is 24.4. The van der Waals surface area contributed by atoms with Gasteiger partial charge in [0.1, 0.15) is 145 Å². The number of rotatable bonds is 20. The second kappa shape index (κ2) is 31.3. The van der Waals surface area contributed by atoms with E-state index in [0.717, 1.165) is 23.5 Å². The van der Waals surface area contributed by atoms with Gasteiger partial charge in [0, 0.05) is 0 Å². The molecule has 584 valence electrons. The molecule has 0 spiro atoms. The molecule has 3 unspecified atom stereocenters. The minimum atomic E-state index is -5.76. The molecule has 0 radical (unpaired) electrons. The van der Waals surface area contributed by atoms with Gasteiger partial charge in [0.2, 0.25) is 22.4 Å². The van der Waals surface area contributed by atoms with Crippen molar-refractivity contribution in [2.45, 2.75) is 95.7 Å². The Morgan fingerprint density at radius 2 is 0.620 bits per heavy atom. The molecular weight excluding hydrogens is 1590 g/mol. The number of nitrogens with zero attached hydrogens (tertiary/aromatic N) is 16. The van der Waals surface area contributed by atoms with E-state index in [1.54, 1.807) is 24.3 Å². The Balaban J connectivity index is 0.000000168. The van der Waals surface area contributed by atoms with Crippen molar-refractivity contribution in [1.29, 1.82) is 21.0 Å². The monoisotopic (exact) mass is 1640 g/mol. The van der Waals surface area contributed by atoms with E-state index >= 15 is 0 Å². The van der Waals surface area contributed by atoms with E-state index in [2.05, 4.69) is 66.8 Å². The van der Waals surface area contributed by atoms with Crippen molar-refractivity contribution in [3.8, 4) is 24.3 Å². The molecule has 4 aliphatic heterocycles. The van der Waals surface area contributed by atoms with Crippen molar-refractivity contribution in [2.75, 3.05) is 49.4 Å². The van der Waals surface area contributed by atoms with Crippen molar-refractivity contribution in [3.63, 3.8) is 0 Å². The summed E-state index contributed by atoms with van der Waals surface area (Å²) < 4.78 is 117. The molecular formula is C48H58N20O34P6. The summed E-state index contributed by atoms with van der Waals surface area (Å²) in [7, 11) is -32.3. The molecule has 26 N–H and O–H groups in total. The molecule has 0 amide bonds. The third-order valence-corrected chi connectivity index (χ3v) is 22.4. The summed E-state index contributed by atoms with van der Waals surface area (Å²) in [6.45, 7) is -3.30. The summed E-state index contributed by atoms with van der Waals surface area (Å²) in [6.07, 6.45) is -14.9. The van der Waals surface area contributed by atoms with Crippen LogP contribution in [0.1, 0.15) is 22.8 Å². The van der Waals surface area contributed by atoms with E-state index < -0.39 is 169 Å². The highest BCUT2D eigenvalue weighted by atomic mass is 31.3. The summed E-state index contributed by atoms with van der Waals surface area (Å²) in [4.78, 5) is 95.0. The van der Waals surface area contributed by atoms with Gasteiger partial charge in [0.15, 0.2) is 23.3 Å². The average molecular weight is 1640 g/mol. The first-order chi connectivity index (χ1) is 50.2. The number of nitrogens with two attached hydrogens (primary N) is 4. The standard InChI is InChI=1S/C12H16N5O13P3.C12H15N5O10P2.C12H14N5O7P.C12H13N5O4/c13-4-12(8-2-1-6-11(14)15-5-16-17(6)8)10(19)9(18)7(28-12)3-27-32(23,24)30-33(25,26)29-31(20,21)22;13-4-12(8-2-1-6-11(14)15-5-16-17(6)8)10(19)9(18)7(26-12)3-25-29(23,24)27-28(20,21)22;13-4-12(8-2-1-6-11(14)15-5-16-17(6)8)10(19)9(18)7(24-12)3-23-25(20,21)22;13-4-12(10(20)9(19)7(3-18)21-12)8-2-1-6-11(14)15-5-16-17(6)8/h1-2,5,7,9-10,18-19H,3H2,(H,23,24)(H,25,26)(H2,14,15,16)(H2,20,21,22);1-2,5,7,9-10,18-19H,3H2,(H,23,24)(H2,14,15,16)(H2,20,21,22);1-2,5,7,9-10,18-19H,3H2,(H2,14,15,16)(H2,20,21,22);1-2,5,7,9-10,18-20H,3H2,(H2,14,15,16)/t4*7-,9-,10-,12+/m1111/s1. The highest BCUT2D eigenvalue weighted by Gasteiger charge is 2.62. The molecule has 12 heterocycles. The minimum absolute atomic E-state index is 0.0169. The van der Waals surface area contributed by atoms with Gasteiger partial charge in [0.05, 0.1) is 49.2 Å². The van der Waals surface area contributed by atoms with Crippen LogP contribution in [-0.2, 0) is 95.2 Å². The van der Waals surface area contributed by atoms with Crippen LogP contribution in [0.2, 0.25) is 0 Å². The van der Waals surface area contributed by atoms with Crippen LogP contribution >= 0.6 is 46.9 Å². The predicted molar refractivity (Wildman–Crippen MR) is 340 cm³/mol. The van der Waals surface area contributed by atoms with E-state index in [4.69, 9.17) is 76.1 Å². The first-order valence-corrected chi connectivity index (χ1v) is 38.3. The number of aliphatic hydroxyl groups is 9. The Labute approximate surface area is 598 Å². The fraction of sp³-hybridized carbons (Fsp3) is 0.417. The molecule has 8 aromatic heterocycles. The van der Waals surface area contributed by atoms with Crippen LogP contribution in [0.15, 0.2) is 73.8 Å². The topological polar surface area (TPSA) is 879 Å². The number of anilines is 4. The van der Waals surface area contributed by atoms with Crippen molar-refractivity contribution in [2.24, 2.45) is 0 Å². The van der Waals surface area contributed by atoms with Gasteiger partial charge in [-0.2, -0.15) is 54.4 Å². The molecule has 0 saturated carbocycles. The second-order valence-electron chi connectivity index (χ2n) is 22.6. The SMILES string of the molecule is N#C[C@@]1(c2ccc3c(N)ncnn23)O[C@H](CO)[C@@H](O)[C@H]1O.N#C[C@@]1(c2ccc3c(N)ncnn23)O[C@H](COP(=O)(O)O)[C@@H](O)[C@H]1O.N#C[C@@]1(c2ccc3c(N)ncnn23)O[C@H](COP(=O)(O)OP(=O)(O)O)[C@@H](O)[C@H]1O.N#C[C@@]1(c2ccc3c(N)ncnn23)O[C@H](COP(=O)(O)OP(=O)(O)OP(=O)(O)O)[C@@H](O)[C@H]1O. The lowest BCUT2D eigenvalue weighted by atomic mass is 9.92. The van der Waals surface area contributed by atoms with E-state index in [9.17, 15) is 104 Å². The molecule has 12 rings (SSSR count). The Bertz CT molecular complexity index is 5170. The number of nitriles is 4. The quantitative estimate of drug-likeness (QED) is 0.0315. The molecule has 19 atom stereocenters. The molecule has 4 aliphatic rings. The lowest BCUT2D eigenvalue weighted by Gasteiger charge is -2.24. The van der Waals surface area contributed by atoms with E-state index in [-0.39, 0.29) is 57.1 Å². The maximum atomic E-state index is 11.9. The number of fused-ring (bicyclic) bond motifs is 4. The van der Waals surface area contributed by atoms with Gasteiger partial charge in [-0.1, -0.05) is 0 Å². The van der Waals surface area contributed by atoms with Gasteiger partial charge >= 0.3 is 46.9 Å². The molecule has 108 heavy (non-hydrogen) atoms. The van der Waals surface area contributed by atoms with E-state index in [1.807, 2.05) is 6.07 Å². The average Bonchev–Trinajstić information content (AvgIpc) is 1.60. The first-order valence-electron chi connectivity index (χ1n) is 29.2. The number of aromatic nitrogens is 12. The fourth-order valence-electron chi connectivity index (χ4n) is 11.2. The van der Waals surface area contributed by atoms with Crippen molar-refractivity contribution >= 4 is 92.3 Å². The highest BCUT2D eigenvalue weighted by Crippen LogP contribution is 2.66. The zero-order chi connectivity index (χ0) is 80.0. The highest BCUT2D eigenvalue weighted by molar-refractivity contribution is 7.66. The van der Waals surface area contributed by atoms with Gasteiger partial charge in [-0.25, -0.2) is 65.4 Å². The summed E-state index contributed by atoms with van der Waals surface area (Å²) in [5.74, 6) is 0.435. The first kappa shape index (κ1) is 83.9. The number of aliphatic hydroxyl groups excluding tert-OH is 9. The van der Waals surface area contributed by atoms with E-state index in [1.165, 1.54) is 62.3 Å². The molecule has 0 aliphatic carbocycles. The zero-order valence-corrected chi connectivity index (χ0v) is 58.8. The zero-order valence-electron chi connectivity index (χ0n) is 53.4. The van der Waals surface area contributed by atoms with Gasteiger partial charge in [0.25, 0.3) is 0 Å². The smallest absolute Gasteiger partial charge is 0.394 e. The van der Waals surface area contributed by atoms with Gasteiger partial charge in [-0.3, -0.25) is 13.6 Å². The van der Waals surface area contributed by atoms with Gasteiger partial charge in [-0.05, 0) is 48.5 Å². The van der Waals surface area contributed by atoms with Crippen LogP contribution in [0.5, 0.6) is 0 Å². The van der Waals surface area contributed by atoms with Crippen molar-refractivity contribution in [1.82, 2.24) is 58.4 Å². The van der Waals surface area contributed by atoms with E-state index in [0.29, 0.717) is 11.0 Å². The van der Waals surface area contributed by atoms with Crippen LogP contribution in [0.3, 0.4) is 0 Å². The molecule has 0 aromatic carbocycles. The Morgan fingerprint density at radius 1 is 0.380 bits per heavy atom. The normalized spacial score (nSPS) is 30.1. The second-order valence-corrected chi connectivity index (χ2v) is 31.1.